The summed E-state index contributed by atoms with van der Waals surface area (Å²) in [5, 5.41) is 8.02. The molecule has 0 radical (unpaired) electrons. The molecule has 1 aromatic carbocycles. The van der Waals surface area contributed by atoms with Crippen molar-refractivity contribution in [3.05, 3.63) is 42.5 Å². The lowest BCUT2D eigenvalue weighted by molar-refractivity contribution is 0.154. The molecule has 19 heavy (non-hydrogen) atoms. The predicted octanol–water partition coefficient (Wildman–Crippen LogP) is 2.22. The van der Waals surface area contributed by atoms with Crippen LogP contribution in [0, 0.1) is 0 Å². The summed E-state index contributed by atoms with van der Waals surface area (Å²) in [6.07, 6.45) is -0.559. The van der Waals surface area contributed by atoms with Gasteiger partial charge in [-0.2, -0.15) is 0 Å². The molecule has 2 rings (SSSR count). The van der Waals surface area contributed by atoms with Gasteiger partial charge < -0.3 is 4.74 Å². The summed E-state index contributed by atoms with van der Waals surface area (Å²) in [4.78, 5) is 11.1. The monoisotopic (exact) mass is 258 g/mol. The van der Waals surface area contributed by atoms with E-state index in [2.05, 4.69) is 21.0 Å². The van der Waals surface area contributed by atoms with Crippen molar-refractivity contribution in [1.82, 2.24) is 15.6 Å². The molecule has 0 saturated carbocycles. The Hall–Kier alpha value is -2.63. The van der Waals surface area contributed by atoms with E-state index in [0.717, 1.165) is 11.3 Å². The fourth-order valence-corrected chi connectivity index (χ4v) is 1.44. The van der Waals surface area contributed by atoms with E-state index in [9.17, 15) is 4.79 Å². The van der Waals surface area contributed by atoms with Crippen molar-refractivity contribution in [1.29, 1.82) is 0 Å². The second-order valence-electron chi connectivity index (χ2n) is 3.64. The van der Waals surface area contributed by atoms with Gasteiger partial charge in [0.05, 0.1) is 12.3 Å². The smallest absolute Gasteiger partial charge is 0.425 e. The standard InChI is InChI=1S/C13H14N4O2/c1-2-19-13(18)17-16-12-9-8-11(14-15-12)10-6-4-3-5-7-10/h3-9H,2H2,1H3,(H,15,16)(H,17,18). The van der Waals surface area contributed by atoms with Crippen LogP contribution in [-0.2, 0) is 4.74 Å². The molecule has 98 valence electrons. The first kappa shape index (κ1) is 12.8. The number of hydrogen-bond donors (Lipinski definition) is 2. The van der Waals surface area contributed by atoms with Gasteiger partial charge >= 0.3 is 6.09 Å². The van der Waals surface area contributed by atoms with Gasteiger partial charge in [-0.1, -0.05) is 30.3 Å². The zero-order valence-corrected chi connectivity index (χ0v) is 10.5. The zero-order valence-electron chi connectivity index (χ0n) is 10.5. The molecular formula is C13H14N4O2. The van der Waals surface area contributed by atoms with E-state index in [1.54, 1.807) is 13.0 Å². The fourth-order valence-electron chi connectivity index (χ4n) is 1.44. The molecule has 0 bridgehead atoms. The van der Waals surface area contributed by atoms with Gasteiger partial charge in [-0.15, -0.1) is 10.2 Å². The molecule has 1 aromatic heterocycles. The van der Waals surface area contributed by atoms with Gasteiger partial charge in [-0.3, -0.25) is 5.43 Å². The fraction of sp³-hybridized carbons (Fsp3) is 0.154. The lowest BCUT2D eigenvalue weighted by Crippen LogP contribution is -2.30. The third kappa shape index (κ3) is 3.67. The first-order valence-electron chi connectivity index (χ1n) is 5.87. The Morgan fingerprint density at radius 3 is 2.58 bits per heavy atom. The Kier molecular flexibility index (Phi) is 4.28. The van der Waals surface area contributed by atoms with Gasteiger partial charge in [-0.05, 0) is 19.1 Å². The number of anilines is 1. The number of carbonyl (C=O) groups excluding carboxylic acids is 1. The molecule has 0 fully saturated rings. The van der Waals surface area contributed by atoms with Crippen LogP contribution in [0.25, 0.3) is 11.3 Å². The van der Waals surface area contributed by atoms with Crippen LogP contribution in [0.15, 0.2) is 42.5 Å². The number of nitrogens with one attached hydrogen (secondary N) is 2. The Balaban J connectivity index is 1.97. The first-order chi connectivity index (χ1) is 9.29. The van der Waals surface area contributed by atoms with E-state index < -0.39 is 6.09 Å². The normalized spacial score (nSPS) is 9.74. The number of carbonyl (C=O) groups is 1. The topological polar surface area (TPSA) is 76.1 Å². The summed E-state index contributed by atoms with van der Waals surface area (Å²) in [5.74, 6) is 0.438. The predicted molar refractivity (Wildman–Crippen MR) is 71.2 cm³/mol. The van der Waals surface area contributed by atoms with Gasteiger partial charge in [0.2, 0.25) is 0 Å². The summed E-state index contributed by atoms with van der Waals surface area (Å²) in [6.45, 7) is 2.04. The van der Waals surface area contributed by atoms with E-state index in [-0.39, 0.29) is 0 Å². The molecule has 0 unspecified atom stereocenters. The molecule has 1 amide bonds. The number of hydrogen-bond acceptors (Lipinski definition) is 5. The number of aromatic nitrogens is 2. The molecule has 0 saturated heterocycles. The van der Waals surface area contributed by atoms with Crippen LogP contribution in [0.4, 0.5) is 10.6 Å². The Morgan fingerprint density at radius 1 is 1.16 bits per heavy atom. The summed E-state index contributed by atoms with van der Waals surface area (Å²) < 4.78 is 4.70. The van der Waals surface area contributed by atoms with Gasteiger partial charge in [-0.25, -0.2) is 10.2 Å². The van der Waals surface area contributed by atoms with Crippen LogP contribution in [0.5, 0.6) is 0 Å². The Morgan fingerprint density at radius 2 is 1.95 bits per heavy atom. The second kappa shape index (κ2) is 6.34. The molecule has 0 spiro atoms. The van der Waals surface area contributed by atoms with Crippen molar-refractivity contribution in [3.8, 4) is 11.3 Å². The molecule has 1 heterocycles. The molecule has 0 aliphatic heterocycles. The van der Waals surface area contributed by atoms with Gasteiger partial charge in [0.25, 0.3) is 0 Å². The number of hydrazine groups is 1. The Bertz CT molecular complexity index is 528. The lowest BCUT2D eigenvalue weighted by atomic mass is 10.1. The van der Waals surface area contributed by atoms with Crippen molar-refractivity contribution in [2.75, 3.05) is 12.0 Å². The first-order valence-corrected chi connectivity index (χ1v) is 5.87. The second-order valence-corrected chi connectivity index (χ2v) is 3.64. The van der Waals surface area contributed by atoms with Crippen molar-refractivity contribution in [3.63, 3.8) is 0 Å². The van der Waals surface area contributed by atoms with E-state index in [0.29, 0.717) is 12.4 Å². The minimum absolute atomic E-state index is 0.312. The highest BCUT2D eigenvalue weighted by Gasteiger charge is 2.02. The largest absolute Gasteiger partial charge is 0.449 e. The van der Waals surface area contributed by atoms with E-state index >= 15 is 0 Å². The molecule has 2 aromatic rings. The van der Waals surface area contributed by atoms with Crippen molar-refractivity contribution < 1.29 is 9.53 Å². The minimum atomic E-state index is -0.559. The maximum Gasteiger partial charge on any atom is 0.425 e. The van der Waals surface area contributed by atoms with E-state index in [1.807, 2.05) is 36.4 Å². The third-order valence-corrected chi connectivity index (χ3v) is 2.30. The molecule has 6 nitrogen and oxygen atoms in total. The minimum Gasteiger partial charge on any atom is -0.449 e. The maximum atomic E-state index is 11.1. The molecule has 2 N–H and O–H groups in total. The Labute approximate surface area is 110 Å². The van der Waals surface area contributed by atoms with Crippen LogP contribution in [0.2, 0.25) is 0 Å². The lowest BCUT2D eigenvalue weighted by Gasteiger charge is -2.07. The number of amides is 1. The number of ether oxygens (including phenoxy) is 1. The molecule has 0 atom stereocenters. The molecule has 0 aliphatic carbocycles. The van der Waals surface area contributed by atoms with E-state index in [4.69, 9.17) is 4.74 Å². The quantitative estimate of drug-likeness (QED) is 0.822. The highest BCUT2D eigenvalue weighted by Crippen LogP contribution is 2.15. The highest BCUT2D eigenvalue weighted by atomic mass is 16.5. The number of nitrogens with zero attached hydrogens (tertiary/aromatic N) is 2. The molecular weight excluding hydrogens is 244 g/mol. The number of rotatable bonds is 4. The van der Waals surface area contributed by atoms with Crippen LogP contribution >= 0.6 is 0 Å². The van der Waals surface area contributed by atoms with Crippen LogP contribution in [0.3, 0.4) is 0 Å². The summed E-state index contributed by atoms with van der Waals surface area (Å²) in [7, 11) is 0. The highest BCUT2D eigenvalue weighted by molar-refractivity contribution is 5.69. The van der Waals surface area contributed by atoms with Crippen LogP contribution in [-0.4, -0.2) is 22.9 Å². The average molecular weight is 258 g/mol. The van der Waals surface area contributed by atoms with Gasteiger partial charge in [0.1, 0.15) is 0 Å². The maximum absolute atomic E-state index is 11.1. The SMILES string of the molecule is CCOC(=O)NNc1ccc(-c2ccccc2)nn1. The van der Waals surface area contributed by atoms with E-state index in [1.165, 1.54) is 0 Å². The zero-order chi connectivity index (χ0) is 13.5. The number of benzene rings is 1. The van der Waals surface area contributed by atoms with Crippen LogP contribution < -0.4 is 10.9 Å². The average Bonchev–Trinajstić information content (AvgIpc) is 2.47. The third-order valence-electron chi connectivity index (χ3n) is 2.30. The summed E-state index contributed by atoms with van der Waals surface area (Å²) in [6, 6.07) is 13.3. The molecule has 6 heteroatoms. The van der Waals surface area contributed by atoms with Crippen molar-refractivity contribution in [2.45, 2.75) is 6.92 Å². The summed E-state index contributed by atoms with van der Waals surface area (Å²) in [5.41, 5.74) is 6.71. The van der Waals surface area contributed by atoms with Crippen LogP contribution in [0.1, 0.15) is 6.92 Å². The van der Waals surface area contributed by atoms with Crippen molar-refractivity contribution in [2.24, 2.45) is 0 Å². The van der Waals surface area contributed by atoms with Gasteiger partial charge in [0, 0.05) is 5.56 Å². The van der Waals surface area contributed by atoms with Gasteiger partial charge in [0.15, 0.2) is 5.82 Å². The molecule has 0 aliphatic rings. The van der Waals surface area contributed by atoms with Crippen molar-refractivity contribution >= 4 is 11.9 Å². The summed E-state index contributed by atoms with van der Waals surface area (Å²) >= 11 is 0.